The molecule has 126 valence electrons. The minimum Gasteiger partial charge on any atom is -0.393 e. The third kappa shape index (κ3) is 3.36. The van der Waals surface area contributed by atoms with Crippen LogP contribution >= 0.6 is 6.72 Å². The summed E-state index contributed by atoms with van der Waals surface area (Å²) in [4.78, 5) is 30.6. The molecule has 0 unspecified atom stereocenters. The largest absolute Gasteiger partial charge is 0.393 e. The lowest BCUT2D eigenvalue weighted by atomic mass is 10.0. The normalized spacial score (nSPS) is 25.3. The van der Waals surface area contributed by atoms with Crippen LogP contribution < -0.4 is 5.73 Å². The van der Waals surface area contributed by atoms with Crippen LogP contribution in [0.25, 0.3) is 11.2 Å². The van der Waals surface area contributed by atoms with Crippen molar-refractivity contribution in [1.29, 1.82) is 0 Å². The molecule has 0 saturated carbocycles. The number of anilines is 1. The van der Waals surface area contributed by atoms with Gasteiger partial charge in [-0.3, -0.25) is 4.57 Å². The summed E-state index contributed by atoms with van der Waals surface area (Å²) in [7, 11) is 0. The highest BCUT2D eigenvalue weighted by Gasteiger charge is 2.42. The second-order valence-electron chi connectivity index (χ2n) is 5.30. The Kier molecular flexibility index (Phi) is 4.36. The van der Waals surface area contributed by atoms with E-state index in [4.69, 9.17) is 15.0 Å². The maximum atomic E-state index is 9.63. The maximum Gasteiger partial charge on any atom is 0.321 e. The Labute approximate surface area is 136 Å². The van der Waals surface area contributed by atoms with Gasteiger partial charge in [-0.1, -0.05) is 0 Å². The van der Waals surface area contributed by atoms with Gasteiger partial charge in [0.2, 0.25) is 0 Å². The Morgan fingerprint density at radius 3 is 2.96 bits per heavy atom. The van der Waals surface area contributed by atoms with E-state index in [1.807, 2.05) is 0 Å². The lowest BCUT2D eigenvalue weighted by Crippen LogP contribution is -2.38. The van der Waals surface area contributed by atoms with E-state index < -0.39 is 18.5 Å². The highest BCUT2D eigenvalue weighted by atomic mass is 32.5. The fraction of sp³-hybridized carbons (Fsp3) is 0.545. The van der Waals surface area contributed by atoms with E-state index in [2.05, 4.69) is 26.8 Å². The molecule has 2 aromatic heterocycles. The lowest BCUT2D eigenvalue weighted by molar-refractivity contribution is -0.117. The van der Waals surface area contributed by atoms with Gasteiger partial charge in [-0.15, -0.1) is 0 Å². The molecule has 0 amide bonds. The van der Waals surface area contributed by atoms with Gasteiger partial charge in [0.15, 0.2) is 11.5 Å². The molecule has 2 aromatic rings. The number of aliphatic hydroxyl groups excluding tert-OH is 1. The van der Waals surface area contributed by atoms with Gasteiger partial charge in [-0.2, -0.15) is 0 Å². The number of ether oxygens (including phenoxy) is 1. The lowest BCUT2D eigenvalue weighted by Gasteiger charge is -2.27. The van der Waals surface area contributed by atoms with Crippen LogP contribution in [0.5, 0.6) is 0 Å². The Morgan fingerprint density at radius 2 is 2.26 bits per heavy atom. The molecule has 3 rings (SSSR count). The molecule has 3 heterocycles. The van der Waals surface area contributed by atoms with Crippen LogP contribution in [-0.4, -0.2) is 53.2 Å². The van der Waals surface area contributed by atoms with E-state index in [0.717, 1.165) is 0 Å². The van der Waals surface area contributed by atoms with E-state index in [-0.39, 0.29) is 19.0 Å². The predicted octanol–water partition coefficient (Wildman–Crippen LogP) is -0.326. The Hall–Kier alpha value is -1.20. The molecule has 12 heteroatoms. The van der Waals surface area contributed by atoms with Gasteiger partial charge < -0.3 is 29.9 Å². The summed E-state index contributed by atoms with van der Waals surface area (Å²) in [6.07, 6.45) is 3.43. The zero-order valence-corrected chi connectivity index (χ0v) is 13.7. The summed E-state index contributed by atoms with van der Waals surface area (Å²) < 4.78 is 12.4. The molecule has 0 aliphatic carbocycles. The summed E-state index contributed by atoms with van der Waals surface area (Å²) in [5, 5.41) is 9.63. The van der Waals surface area contributed by atoms with Crippen molar-refractivity contribution < 1.29 is 24.2 Å². The zero-order valence-electron chi connectivity index (χ0n) is 11.9. The van der Waals surface area contributed by atoms with E-state index in [1.54, 1.807) is 4.57 Å². The number of fused-ring (bicyclic) bond motifs is 1. The smallest absolute Gasteiger partial charge is 0.321 e. The molecule has 0 aromatic carbocycles. The number of nitrogens with two attached hydrogens (primary N) is 1. The topological polar surface area (TPSA) is 149 Å². The molecule has 1 aliphatic heterocycles. The molecular weight excluding hydrogens is 345 g/mol. The van der Waals surface area contributed by atoms with Crippen molar-refractivity contribution >= 4 is 35.5 Å². The molecule has 0 spiro atoms. The second kappa shape index (κ2) is 6.02. The highest BCUT2D eigenvalue weighted by molar-refractivity contribution is 8.06. The van der Waals surface area contributed by atoms with Crippen molar-refractivity contribution in [2.75, 3.05) is 18.9 Å². The first-order valence-corrected chi connectivity index (χ1v) is 9.38. The van der Waals surface area contributed by atoms with E-state index in [9.17, 15) is 14.9 Å². The van der Waals surface area contributed by atoms with Gasteiger partial charge in [0.1, 0.15) is 23.7 Å². The molecule has 2 atom stereocenters. The summed E-state index contributed by atoms with van der Waals surface area (Å²) >= 11 is 4.42. The monoisotopic (exact) mass is 361 g/mol. The molecule has 0 radical (unpaired) electrons. The zero-order chi connectivity index (χ0) is 16.7. The van der Waals surface area contributed by atoms with Gasteiger partial charge in [-0.25, -0.2) is 15.0 Å². The standard InChI is InChI=1S/C11H16N5O5PS/c12-9-8-10(14-5-13-9)16(6-15-8)7-1-2-11(3-17,21-7)4-20-22(18,19)23/h5-7,17H,1-4H2,(H2,12,13,14)(H2,18,19,23)/t7-,11-/m1/s1. The molecule has 10 nitrogen and oxygen atoms in total. The quantitative estimate of drug-likeness (QED) is 0.522. The molecule has 1 fully saturated rings. The van der Waals surface area contributed by atoms with Crippen LogP contribution in [0.1, 0.15) is 19.1 Å². The second-order valence-corrected chi connectivity index (χ2v) is 7.97. The van der Waals surface area contributed by atoms with Crippen molar-refractivity contribution in [3.05, 3.63) is 12.7 Å². The molecular formula is C11H16N5O5PS. The average molecular weight is 361 g/mol. The van der Waals surface area contributed by atoms with Gasteiger partial charge in [0.25, 0.3) is 0 Å². The fourth-order valence-electron chi connectivity index (χ4n) is 2.54. The first-order valence-electron chi connectivity index (χ1n) is 6.75. The van der Waals surface area contributed by atoms with Crippen LogP contribution in [-0.2, 0) is 21.1 Å². The molecule has 23 heavy (non-hydrogen) atoms. The van der Waals surface area contributed by atoms with Crippen molar-refractivity contribution in [3.63, 3.8) is 0 Å². The number of hydrogen-bond donors (Lipinski definition) is 4. The molecule has 1 saturated heterocycles. The van der Waals surface area contributed by atoms with Gasteiger partial charge in [0, 0.05) is 0 Å². The number of hydrogen-bond acceptors (Lipinski definition) is 8. The molecule has 1 aliphatic rings. The van der Waals surface area contributed by atoms with Crippen molar-refractivity contribution in [3.8, 4) is 0 Å². The first kappa shape index (κ1) is 16.7. The van der Waals surface area contributed by atoms with E-state index >= 15 is 0 Å². The number of imidazole rings is 1. The van der Waals surface area contributed by atoms with Gasteiger partial charge in [0.05, 0.1) is 19.5 Å². The van der Waals surface area contributed by atoms with Crippen LogP contribution in [0.15, 0.2) is 12.7 Å². The number of nitrogens with zero attached hydrogens (tertiary/aromatic N) is 4. The van der Waals surface area contributed by atoms with E-state index in [0.29, 0.717) is 24.0 Å². The first-order chi connectivity index (χ1) is 10.8. The Balaban J connectivity index is 1.82. The van der Waals surface area contributed by atoms with Crippen LogP contribution in [0, 0.1) is 0 Å². The highest BCUT2D eigenvalue weighted by Crippen LogP contribution is 2.43. The number of aromatic nitrogens is 4. The summed E-state index contributed by atoms with van der Waals surface area (Å²) in [5.41, 5.74) is 5.68. The molecule has 5 N–H and O–H groups in total. The van der Waals surface area contributed by atoms with Crippen molar-refractivity contribution in [2.45, 2.75) is 24.7 Å². The predicted molar refractivity (Wildman–Crippen MR) is 83.6 cm³/mol. The van der Waals surface area contributed by atoms with Crippen molar-refractivity contribution in [1.82, 2.24) is 19.5 Å². The number of rotatable bonds is 5. The third-order valence-corrected chi connectivity index (χ3v) is 4.50. The molecule has 0 bridgehead atoms. The number of nitrogen functional groups attached to an aromatic ring is 1. The van der Waals surface area contributed by atoms with Gasteiger partial charge in [-0.05, 0) is 24.6 Å². The van der Waals surface area contributed by atoms with Crippen molar-refractivity contribution in [2.24, 2.45) is 0 Å². The SMILES string of the molecule is Nc1ncnc2c1ncn2[C@H]1CC[C@@](CO)(COP(O)(O)=S)O1. The van der Waals surface area contributed by atoms with Crippen LogP contribution in [0.3, 0.4) is 0 Å². The van der Waals surface area contributed by atoms with Crippen LogP contribution in [0.2, 0.25) is 0 Å². The summed E-state index contributed by atoms with van der Waals surface area (Å²) in [6, 6.07) is 0. The summed E-state index contributed by atoms with van der Waals surface area (Å²) in [5.74, 6) is 0.268. The minimum atomic E-state index is -3.81. The fourth-order valence-corrected chi connectivity index (χ4v) is 3.10. The third-order valence-electron chi connectivity index (χ3n) is 3.71. The Bertz CT molecular complexity index is 766. The number of aliphatic hydroxyl groups is 1. The minimum absolute atomic E-state index is 0.214. The van der Waals surface area contributed by atoms with E-state index in [1.165, 1.54) is 12.7 Å². The average Bonchev–Trinajstić information content (AvgIpc) is 3.09. The Morgan fingerprint density at radius 1 is 1.48 bits per heavy atom. The van der Waals surface area contributed by atoms with Crippen LogP contribution in [0.4, 0.5) is 5.82 Å². The van der Waals surface area contributed by atoms with Gasteiger partial charge >= 0.3 is 6.72 Å². The maximum absolute atomic E-state index is 9.63. The summed E-state index contributed by atoms with van der Waals surface area (Å²) in [6.45, 7) is -4.37.